The standard InChI is InChI=1S/C13H12N4O3S2/c1-10-15-16-12(20-10)9-17(13-14-7-8-21-13)22(18,19)11-5-3-2-4-6-11/h2-8H,9H2,1H3. The molecule has 22 heavy (non-hydrogen) atoms. The van der Waals surface area contributed by atoms with Gasteiger partial charge in [0.25, 0.3) is 10.0 Å². The first-order valence-electron chi connectivity index (χ1n) is 6.33. The van der Waals surface area contributed by atoms with Crippen LogP contribution in [0.1, 0.15) is 11.8 Å². The van der Waals surface area contributed by atoms with Gasteiger partial charge in [-0.05, 0) is 12.1 Å². The van der Waals surface area contributed by atoms with E-state index in [4.69, 9.17) is 4.42 Å². The Morgan fingerprint density at radius 3 is 2.59 bits per heavy atom. The Kier molecular flexibility index (Phi) is 3.90. The van der Waals surface area contributed by atoms with Crippen molar-refractivity contribution >= 4 is 26.5 Å². The molecule has 0 saturated heterocycles. The molecule has 2 heterocycles. The minimum Gasteiger partial charge on any atom is -0.424 e. The number of nitrogens with zero attached hydrogens (tertiary/aromatic N) is 4. The first kappa shape index (κ1) is 14.7. The lowest BCUT2D eigenvalue weighted by molar-refractivity contribution is 0.468. The molecule has 0 aliphatic carbocycles. The Bertz CT molecular complexity index is 845. The minimum atomic E-state index is -3.76. The lowest BCUT2D eigenvalue weighted by atomic mass is 10.4. The highest BCUT2D eigenvalue weighted by Crippen LogP contribution is 2.27. The van der Waals surface area contributed by atoms with Crippen LogP contribution in [-0.2, 0) is 16.6 Å². The van der Waals surface area contributed by atoms with Crippen molar-refractivity contribution in [3.8, 4) is 0 Å². The quantitative estimate of drug-likeness (QED) is 0.710. The molecule has 0 saturated carbocycles. The zero-order chi connectivity index (χ0) is 15.6. The number of aromatic nitrogens is 3. The van der Waals surface area contributed by atoms with Gasteiger partial charge in [0.15, 0.2) is 5.13 Å². The van der Waals surface area contributed by atoms with E-state index in [1.54, 1.807) is 36.7 Å². The molecule has 0 aliphatic rings. The third-order valence-corrected chi connectivity index (χ3v) is 5.47. The maximum Gasteiger partial charge on any atom is 0.266 e. The van der Waals surface area contributed by atoms with Gasteiger partial charge >= 0.3 is 0 Å². The Labute approximate surface area is 131 Å². The number of aryl methyl sites for hydroxylation is 1. The first-order valence-corrected chi connectivity index (χ1v) is 8.65. The van der Waals surface area contributed by atoms with Gasteiger partial charge in [-0.1, -0.05) is 18.2 Å². The Morgan fingerprint density at radius 2 is 2.00 bits per heavy atom. The summed E-state index contributed by atoms with van der Waals surface area (Å²) in [5.41, 5.74) is 0. The van der Waals surface area contributed by atoms with E-state index < -0.39 is 10.0 Å². The van der Waals surface area contributed by atoms with Gasteiger partial charge in [-0.2, -0.15) is 0 Å². The van der Waals surface area contributed by atoms with Crippen LogP contribution in [-0.4, -0.2) is 23.6 Å². The van der Waals surface area contributed by atoms with Gasteiger partial charge in [-0.25, -0.2) is 17.7 Å². The van der Waals surface area contributed by atoms with Crippen LogP contribution < -0.4 is 4.31 Å². The minimum absolute atomic E-state index is 0.0639. The summed E-state index contributed by atoms with van der Waals surface area (Å²) >= 11 is 1.22. The van der Waals surface area contributed by atoms with E-state index in [1.165, 1.54) is 27.8 Å². The molecule has 0 atom stereocenters. The maximum absolute atomic E-state index is 12.8. The number of rotatable bonds is 5. The summed E-state index contributed by atoms with van der Waals surface area (Å²) in [5, 5.41) is 9.63. The fraction of sp³-hybridized carbons (Fsp3) is 0.154. The Hall–Kier alpha value is -2.26. The molecular formula is C13H12N4O3S2. The molecule has 1 aromatic carbocycles. The van der Waals surface area contributed by atoms with E-state index in [1.807, 2.05) is 0 Å². The number of anilines is 1. The van der Waals surface area contributed by atoms with Crippen molar-refractivity contribution in [2.45, 2.75) is 18.4 Å². The van der Waals surface area contributed by atoms with E-state index in [0.717, 1.165) is 0 Å². The van der Waals surface area contributed by atoms with E-state index >= 15 is 0 Å². The molecular weight excluding hydrogens is 324 g/mol. The van der Waals surface area contributed by atoms with Gasteiger partial charge in [-0.15, -0.1) is 21.5 Å². The molecule has 0 fully saturated rings. The average Bonchev–Trinajstić information content (AvgIpc) is 3.17. The molecule has 9 heteroatoms. The highest BCUT2D eigenvalue weighted by molar-refractivity contribution is 7.93. The third kappa shape index (κ3) is 2.85. The SMILES string of the molecule is Cc1nnc(CN(c2nccs2)S(=O)(=O)c2ccccc2)o1. The van der Waals surface area contributed by atoms with Gasteiger partial charge in [0, 0.05) is 18.5 Å². The van der Waals surface area contributed by atoms with Crippen molar-refractivity contribution in [2.75, 3.05) is 4.31 Å². The second kappa shape index (κ2) is 5.85. The van der Waals surface area contributed by atoms with Gasteiger partial charge in [0.1, 0.15) is 6.54 Å². The van der Waals surface area contributed by atoms with Crippen LogP contribution in [0.25, 0.3) is 0 Å². The lowest BCUT2D eigenvalue weighted by Crippen LogP contribution is -2.30. The van der Waals surface area contributed by atoms with Gasteiger partial charge in [0.2, 0.25) is 11.8 Å². The molecule has 0 amide bonds. The summed E-state index contributed by atoms with van der Waals surface area (Å²) < 4.78 is 32.1. The summed E-state index contributed by atoms with van der Waals surface area (Å²) in [6.45, 7) is 1.58. The second-order valence-corrected chi connectivity index (χ2v) is 7.09. The van der Waals surface area contributed by atoms with Crippen molar-refractivity contribution < 1.29 is 12.8 Å². The van der Waals surface area contributed by atoms with E-state index in [0.29, 0.717) is 11.0 Å². The fourth-order valence-corrected chi connectivity index (χ4v) is 4.10. The maximum atomic E-state index is 12.8. The van der Waals surface area contributed by atoms with Gasteiger partial charge < -0.3 is 4.42 Å². The van der Waals surface area contributed by atoms with Crippen LogP contribution in [0.2, 0.25) is 0 Å². The van der Waals surface area contributed by atoms with Gasteiger partial charge in [0.05, 0.1) is 4.90 Å². The Balaban J connectivity index is 2.02. The molecule has 3 rings (SSSR count). The molecule has 114 valence electrons. The average molecular weight is 336 g/mol. The van der Waals surface area contributed by atoms with Crippen LogP contribution in [0.5, 0.6) is 0 Å². The molecule has 0 bridgehead atoms. The molecule has 0 radical (unpaired) electrons. The van der Waals surface area contributed by atoms with E-state index in [-0.39, 0.29) is 17.3 Å². The molecule has 0 N–H and O–H groups in total. The third-order valence-electron chi connectivity index (χ3n) is 2.81. The molecule has 0 unspecified atom stereocenters. The van der Waals surface area contributed by atoms with Crippen molar-refractivity contribution in [2.24, 2.45) is 0 Å². The second-order valence-electron chi connectivity index (χ2n) is 4.35. The molecule has 2 aromatic heterocycles. The largest absolute Gasteiger partial charge is 0.424 e. The van der Waals surface area contributed by atoms with E-state index in [2.05, 4.69) is 15.2 Å². The molecule has 7 nitrogen and oxygen atoms in total. The summed E-state index contributed by atoms with van der Waals surface area (Å²) in [7, 11) is -3.76. The predicted octanol–water partition coefficient (Wildman–Crippen LogP) is 2.23. The zero-order valence-electron chi connectivity index (χ0n) is 11.6. The smallest absolute Gasteiger partial charge is 0.266 e. The highest BCUT2D eigenvalue weighted by Gasteiger charge is 2.28. The summed E-state index contributed by atoms with van der Waals surface area (Å²) in [4.78, 5) is 4.27. The molecule has 0 aliphatic heterocycles. The summed E-state index contributed by atoms with van der Waals surface area (Å²) in [5.74, 6) is 0.596. The van der Waals surface area contributed by atoms with Crippen LogP contribution in [0.3, 0.4) is 0 Å². The predicted molar refractivity (Wildman–Crippen MR) is 81.0 cm³/mol. The van der Waals surface area contributed by atoms with E-state index in [9.17, 15) is 8.42 Å². The topological polar surface area (TPSA) is 89.2 Å². The van der Waals surface area contributed by atoms with Gasteiger partial charge in [-0.3, -0.25) is 0 Å². The van der Waals surface area contributed by atoms with Crippen molar-refractivity contribution in [1.29, 1.82) is 0 Å². The molecule has 0 spiro atoms. The van der Waals surface area contributed by atoms with Crippen molar-refractivity contribution in [3.05, 3.63) is 53.7 Å². The van der Waals surface area contributed by atoms with Crippen molar-refractivity contribution in [1.82, 2.24) is 15.2 Å². The number of hydrogen-bond donors (Lipinski definition) is 0. The normalized spacial score (nSPS) is 11.5. The van der Waals surface area contributed by atoms with Crippen LogP contribution in [0, 0.1) is 6.92 Å². The lowest BCUT2D eigenvalue weighted by Gasteiger charge is -2.19. The number of thiazole rings is 1. The summed E-state index contributed by atoms with van der Waals surface area (Å²) in [6.07, 6.45) is 1.55. The molecule has 3 aromatic rings. The fourth-order valence-electron chi connectivity index (χ4n) is 1.84. The van der Waals surface area contributed by atoms with Crippen LogP contribution >= 0.6 is 11.3 Å². The summed E-state index contributed by atoms with van der Waals surface area (Å²) in [6, 6.07) is 8.17. The Morgan fingerprint density at radius 1 is 1.23 bits per heavy atom. The number of hydrogen-bond acceptors (Lipinski definition) is 7. The zero-order valence-corrected chi connectivity index (χ0v) is 13.2. The number of sulfonamides is 1. The monoisotopic (exact) mass is 336 g/mol. The first-order chi connectivity index (χ1) is 10.6. The van der Waals surface area contributed by atoms with Crippen molar-refractivity contribution in [3.63, 3.8) is 0 Å². The van der Waals surface area contributed by atoms with Crippen LogP contribution in [0.4, 0.5) is 5.13 Å². The van der Waals surface area contributed by atoms with Crippen LogP contribution in [0.15, 0.2) is 51.2 Å². The number of benzene rings is 1. The highest BCUT2D eigenvalue weighted by atomic mass is 32.2.